The van der Waals surface area contributed by atoms with Gasteiger partial charge in [0.1, 0.15) is 17.7 Å². The quantitative estimate of drug-likeness (QED) is 0.844. The maximum absolute atomic E-state index is 12.9. The number of benzene rings is 2. The number of aromatic carboxylic acids is 1. The molecule has 0 radical (unpaired) electrons. The third-order valence-electron chi connectivity index (χ3n) is 4.74. The van der Waals surface area contributed by atoms with Crippen molar-refractivity contribution in [3.05, 3.63) is 65.5 Å². The van der Waals surface area contributed by atoms with Crippen molar-refractivity contribution in [1.82, 2.24) is 4.90 Å². The van der Waals surface area contributed by atoms with Gasteiger partial charge in [0.25, 0.3) is 0 Å². The summed E-state index contributed by atoms with van der Waals surface area (Å²) in [4.78, 5) is 25.1. The highest BCUT2D eigenvalue weighted by atomic mass is 19.1. The van der Waals surface area contributed by atoms with E-state index in [1.807, 2.05) is 4.90 Å². The summed E-state index contributed by atoms with van der Waals surface area (Å²) in [7, 11) is 0. The predicted molar refractivity (Wildman–Crippen MR) is 98.4 cm³/mol. The van der Waals surface area contributed by atoms with E-state index in [9.17, 15) is 14.0 Å². The fraction of sp³-hybridized carbons (Fsp3) is 0.333. The third kappa shape index (κ3) is 5.29. The van der Waals surface area contributed by atoms with Crippen LogP contribution in [0.1, 0.15) is 35.2 Å². The first kappa shape index (κ1) is 18.9. The number of hydrogen-bond acceptors (Lipinski definition) is 3. The molecular weight excluding hydrogens is 349 g/mol. The fourth-order valence-corrected chi connectivity index (χ4v) is 3.15. The molecule has 27 heavy (non-hydrogen) atoms. The first-order chi connectivity index (χ1) is 13.0. The number of carboxylic acids is 1. The van der Waals surface area contributed by atoms with Crippen molar-refractivity contribution in [3.63, 3.8) is 0 Å². The Bertz CT molecular complexity index is 781. The Kier molecular flexibility index (Phi) is 6.06. The van der Waals surface area contributed by atoms with Crippen molar-refractivity contribution in [1.29, 1.82) is 0 Å². The van der Waals surface area contributed by atoms with Crippen LogP contribution < -0.4 is 4.74 Å². The lowest BCUT2D eigenvalue weighted by molar-refractivity contribution is -0.132. The van der Waals surface area contributed by atoms with Gasteiger partial charge in [0.05, 0.1) is 5.56 Å². The number of likely N-dealkylation sites (tertiary alicyclic amines) is 1. The number of carbonyl (C=O) groups excluding carboxylic acids is 1. The number of carbonyl (C=O) groups is 2. The lowest BCUT2D eigenvalue weighted by Gasteiger charge is -2.32. The summed E-state index contributed by atoms with van der Waals surface area (Å²) >= 11 is 0. The number of halogens is 1. The zero-order valence-electron chi connectivity index (χ0n) is 14.9. The van der Waals surface area contributed by atoms with Crippen molar-refractivity contribution in [2.45, 2.75) is 31.8 Å². The van der Waals surface area contributed by atoms with Crippen LogP contribution in [0, 0.1) is 5.82 Å². The lowest BCUT2D eigenvalue weighted by atomic mass is 10.0. The number of nitrogens with zero attached hydrogens (tertiary/aromatic N) is 1. The second kappa shape index (κ2) is 8.66. The van der Waals surface area contributed by atoms with Gasteiger partial charge in [-0.3, -0.25) is 4.79 Å². The number of hydrogen-bond donors (Lipinski definition) is 1. The first-order valence-electron chi connectivity index (χ1n) is 9.03. The first-order valence-corrected chi connectivity index (χ1v) is 9.03. The minimum absolute atomic E-state index is 0.0306. The maximum Gasteiger partial charge on any atom is 0.335 e. The molecule has 0 aromatic heterocycles. The molecule has 0 spiro atoms. The second-order valence-electron chi connectivity index (χ2n) is 6.65. The van der Waals surface area contributed by atoms with Crippen molar-refractivity contribution < 1.29 is 23.8 Å². The number of rotatable bonds is 6. The summed E-state index contributed by atoms with van der Waals surface area (Å²) < 4.78 is 18.8. The summed E-state index contributed by atoms with van der Waals surface area (Å²) in [6.07, 6.45) is 2.51. The van der Waals surface area contributed by atoms with Crippen LogP contribution in [0.15, 0.2) is 48.5 Å². The third-order valence-corrected chi connectivity index (χ3v) is 4.74. The van der Waals surface area contributed by atoms with E-state index in [2.05, 4.69) is 0 Å². The number of carboxylic acid groups (broad SMARTS) is 1. The summed E-state index contributed by atoms with van der Waals surface area (Å²) in [5.41, 5.74) is 1.19. The minimum atomic E-state index is -0.955. The Morgan fingerprint density at radius 2 is 1.67 bits per heavy atom. The fourth-order valence-electron chi connectivity index (χ4n) is 3.15. The molecule has 3 rings (SSSR count). The topological polar surface area (TPSA) is 66.8 Å². The average Bonchev–Trinajstić information content (AvgIpc) is 2.69. The van der Waals surface area contributed by atoms with Gasteiger partial charge in [-0.25, -0.2) is 9.18 Å². The van der Waals surface area contributed by atoms with Crippen LogP contribution in [0.3, 0.4) is 0 Å². The largest absolute Gasteiger partial charge is 0.490 e. The Morgan fingerprint density at radius 1 is 1.04 bits per heavy atom. The molecule has 0 unspecified atom stereocenters. The van der Waals surface area contributed by atoms with E-state index < -0.39 is 5.97 Å². The SMILES string of the molecule is O=C(O)c1ccc(CCC(=O)N2CCC(Oc3ccc(F)cc3)CC2)cc1. The average molecular weight is 371 g/mol. The molecule has 1 aliphatic rings. The van der Waals surface area contributed by atoms with E-state index in [-0.39, 0.29) is 23.4 Å². The van der Waals surface area contributed by atoms with Crippen molar-refractivity contribution in [2.24, 2.45) is 0 Å². The Labute approximate surface area is 157 Å². The zero-order valence-corrected chi connectivity index (χ0v) is 14.9. The molecule has 1 fully saturated rings. The molecule has 6 heteroatoms. The Hall–Kier alpha value is -2.89. The van der Waals surface area contributed by atoms with Gasteiger partial charge < -0.3 is 14.7 Å². The van der Waals surface area contributed by atoms with Crippen LogP contribution in [0.25, 0.3) is 0 Å². The number of piperidine rings is 1. The molecular formula is C21H22FNO4. The van der Waals surface area contributed by atoms with Gasteiger partial charge in [0.15, 0.2) is 0 Å². The van der Waals surface area contributed by atoms with Gasteiger partial charge >= 0.3 is 5.97 Å². The van der Waals surface area contributed by atoms with E-state index in [0.29, 0.717) is 31.7 Å². The highest BCUT2D eigenvalue weighted by molar-refractivity contribution is 5.87. The van der Waals surface area contributed by atoms with E-state index in [0.717, 1.165) is 18.4 Å². The monoisotopic (exact) mass is 371 g/mol. The van der Waals surface area contributed by atoms with Crippen LogP contribution in [0.5, 0.6) is 5.75 Å². The standard InChI is InChI=1S/C21H22FNO4/c22-17-6-8-18(9-7-17)27-19-11-13-23(14-12-19)20(24)10-3-15-1-4-16(5-2-15)21(25)26/h1-2,4-9,19H,3,10-14H2,(H,25,26). The van der Waals surface area contributed by atoms with E-state index >= 15 is 0 Å². The molecule has 1 aliphatic heterocycles. The van der Waals surface area contributed by atoms with Gasteiger partial charge in [0, 0.05) is 32.4 Å². The number of amides is 1. The number of ether oxygens (including phenoxy) is 1. The van der Waals surface area contributed by atoms with Gasteiger partial charge in [-0.05, 0) is 48.4 Å². The summed E-state index contributed by atoms with van der Waals surface area (Å²) in [5, 5.41) is 8.90. The summed E-state index contributed by atoms with van der Waals surface area (Å²) in [5.74, 6) is -0.507. The number of aryl methyl sites for hydroxylation is 1. The van der Waals surface area contributed by atoms with Gasteiger partial charge in [-0.1, -0.05) is 12.1 Å². The molecule has 2 aromatic carbocycles. The Balaban J connectivity index is 1.42. The molecule has 0 saturated carbocycles. The molecule has 1 heterocycles. The van der Waals surface area contributed by atoms with Crippen molar-refractivity contribution in [2.75, 3.05) is 13.1 Å². The second-order valence-corrected chi connectivity index (χ2v) is 6.65. The summed E-state index contributed by atoms with van der Waals surface area (Å²) in [6.45, 7) is 1.28. The van der Waals surface area contributed by atoms with Crippen LogP contribution >= 0.6 is 0 Å². The smallest absolute Gasteiger partial charge is 0.335 e. The minimum Gasteiger partial charge on any atom is -0.490 e. The molecule has 5 nitrogen and oxygen atoms in total. The van der Waals surface area contributed by atoms with E-state index in [1.165, 1.54) is 12.1 Å². The molecule has 1 amide bonds. The molecule has 0 bridgehead atoms. The van der Waals surface area contributed by atoms with Gasteiger partial charge in [0.2, 0.25) is 5.91 Å². The molecule has 2 aromatic rings. The highest BCUT2D eigenvalue weighted by Crippen LogP contribution is 2.20. The molecule has 1 saturated heterocycles. The zero-order chi connectivity index (χ0) is 19.2. The molecule has 0 atom stereocenters. The highest BCUT2D eigenvalue weighted by Gasteiger charge is 2.23. The van der Waals surface area contributed by atoms with E-state index in [4.69, 9.17) is 9.84 Å². The molecule has 142 valence electrons. The van der Waals surface area contributed by atoms with Gasteiger partial charge in [-0.2, -0.15) is 0 Å². The van der Waals surface area contributed by atoms with E-state index in [1.54, 1.807) is 36.4 Å². The van der Waals surface area contributed by atoms with Crippen LogP contribution in [0.2, 0.25) is 0 Å². The van der Waals surface area contributed by atoms with Crippen LogP contribution in [-0.2, 0) is 11.2 Å². The lowest BCUT2D eigenvalue weighted by Crippen LogP contribution is -2.41. The van der Waals surface area contributed by atoms with Crippen LogP contribution in [0.4, 0.5) is 4.39 Å². The van der Waals surface area contributed by atoms with Crippen molar-refractivity contribution >= 4 is 11.9 Å². The molecule has 1 N–H and O–H groups in total. The molecule has 0 aliphatic carbocycles. The normalized spacial score (nSPS) is 14.8. The van der Waals surface area contributed by atoms with Crippen molar-refractivity contribution in [3.8, 4) is 5.75 Å². The Morgan fingerprint density at radius 3 is 2.26 bits per heavy atom. The predicted octanol–water partition coefficient (Wildman–Crippen LogP) is 3.53. The van der Waals surface area contributed by atoms with Gasteiger partial charge in [-0.15, -0.1) is 0 Å². The van der Waals surface area contributed by atoms with Crippen LogP contribution in [-0.4, -0.2) is 41.1 Å². The summed E-state index contributed by atoms with van der Waals surface area (Å²) in [6, 6.07) is 12.6. The maximum atomic E-state index is 12.9.